The van der Waals surface area contributed by atoms with E-state index >= 15 is 0 Å². The molecule has 1 aliphatic carbocycles. The monoisotopic (exact) mass is 284 g/mol. The maximum Gasteiger partial charge on any atom is 0.248 e. The van der Waals surface area contributed by atoms with Crippen molar-refractivity contribution in [1.82, 2.24) is 0 Å². The second-order valence-electron chi connectivity index (χ2n) is 5.44. The molecule has 3 nitrogen and oxygen atoms in total. The molecule has 3 N–H and O–H groups in total. The van der Waals surface area contributed by atoms with Crippen LogP contribution in [-0.2, 0) is 6.42 Å². The molecule has 0 saturated carbocycles. The van der Waals surface area contributed by atoms with Crippen molar-refractivity contribution in [1.29, 1.82) is 0 Å². The van der Waals surface area contributed by atoms with Gasteiger partial charge in [0.1, 0.15) is 5.82 Å². The van der Waals surface area contributed by atoms with Gasteiger partial charge in [-0.1, -0.05) is 12.1 Å². The highest BCUT2D eigenvalue weighted by atomic mass is 19.1. The molecule has 0 fully saturated rings. The number of hydrogen-bond donors (Lipinski definition) is 2. The minimum atomic E-state index is -0.432. The van der Waals surface area contributed by atoms with Crippen molar-refractivity contribution in [2.24, 2.45) is 5.73 Å². The number of halogens is 1. The second kappa shape index (κ2) is 5.20. The molecule has 0 radical (unpaired) electrons. The third-order valence-electron chi connectivity index (χ3n) is 4.05. The lowest BCUT2D eigenvalue weighted by Gasteiger charge is -2.18. The van der Waals surface area contributed by atoms with Gasteiger partial charge in [-0.05, 0) is 60.7 Å². The van der Waals surface area contributed by atoms with Crippen molar-refractivity contribution < 1.29 is 9.18 Å². The predicted octanol–water partition coefficient (Wildman–Crippen LogP) is 3.33. The number of anilines is 1. The van der Waals surface area contributed by atoms with Crippen molar-refractivity contribution in [3.05, 3.63) is 64.5 Å². The average molecular weight is 284 g/mol. The maximum atomic E-state index is 13.7. The van der Waals surface area contributed by atoms with Gasteiger partial charge >= 0.3 is 0 Å². The number of carbonyl (C=O) groups is 1. The number of benzene rings is 2. The van der Waals surface area contributed by atoms with Gasteiger partial charge in [0.2, 0.25) is 5.91 Å². The van der Waals surface area contributed by atoms with E-state index in [-0.39, 0.29) is 11.9 Å². The van der Waals surface area contributed by atoms with Gasteiger partial charge in [0.05, 0.1) is 6.04 Å². The first kappa shape index (κ1) is 13.6. The summed E-state index contributed by atoms with van der Waals surface area (Å²) in [6.45, 7) is 1.93. The highest BCUT2D eigenvalue weighted by Gasteiger charge is 2.24. The van der Waals surface area contributed by atoms with Crippen LogP contribution in [0.15, 0.2) is 36.4 Å². The summed E-state index contributed by atoms with van der Waals surface area (Å²) in [5, 5.41) is 3.44. The Bertz CT molecular complexity index is 712. The average Bonchev–Trinajstić information content (AvgIpc) is 2.85. The molecule has 4 heteroatoms. The fourth-order valence-corrected chi connectivity index (χ4v) is 2.93. The molecule has 1 atom stereocenters. The van der Waals surface area contributed by atoms with E-state index in [2.05, 4.69) is 5.32 Å². The van der Waals surface area contributed by atoms with E-state index in [1.807, 2.05) is 19.1 Å². The highest BCUT2D eigenvalue weighted by Crippen LogP contribution is 2.35. The van der Waals surface area contributed by atoms with E-state index in [1.165, 1.54) is 6.07 Å². The van der Waals surface area contributed by atoms with Crippen LogP contribution in [-0.4, -0.2) is 5.91 Å². The van der Waals surface area contributed by atoms with E-state index in [9.17, 15) is 9.18 Å². The standard InChI is InChI=1S/C17H17FN2O/c1-10-9-11(17(19)21)5-7-15(10)20-16-8-6-12-13(16)3-2-4-14(12)18/h2-5,7,9,16,20H,6,8H2,1H3,(H2,19,21). The zero-order valence-electron chi connectivity index (χ0n) is 11.8. The topological polar surface area (TPSA) is 55.1 Å². The van der Waals surface area contributed by atoms with Gasteiger partial charge in [-0.2, -0.15) is 0 Å². The molecule has 2 aromatic rings. The lowest BCUT2D eigenvalue weighted by molar-refractivity contribution is 0.1000. The van der Waals surface area contributed by atoms with E-state index in [0.29, 0.717) is 5.56 Å². The molecule has 108 valence electrons. The van der Waals surface area contributed by atoms with Crippen molar-refractivity contribution in [3.8, 4) is 0 Å². The first-order chi connectivity index (χ1) is 10.1. The summed E-state index contributed by atoms with van der Waals surface area (Å²) in [5.41, 5.74) is 9.50. The molecule has 0 saturated heterocycles. The predicted molar refractivity (Wildman–Crippen MR) is 80.8 cm³/mol. The van der Waals surface area contributed by atoms with Crippen LogP contribution in [0.2, 0.25) is 0 Å². The van der Waals surface area contributed by atoms with Crippen molar-refractivity contribution in [2.45, 2.75) is 25.8 Å². The Morgan fingerprint density at radius 2 is 2.14 bits per heavy atom. The van der Waals surface area contributed by atoms with Gasteiger partial charge in [-0.25, -0.2) is 4.39 Å². The summed E-state index contributed by atoms with van der Waals surface area (Å²) in [4.78, 5) is 11.2. The van der Waals surface area contributed by atoms with Crippen LogP contribution in [0.1, 0.15) is 39.5 Å². The fourth-order valence-electron chi connectivity index (χ4n) is 2.93. The second-order valence-corrected chi connectivity index (χ2v) is 5.44. The summed E-state index contributed by atoms with van der Waals surface area (Å²) in [5.74, 6) is -0.560. The molecular weight excluding hydrogens is 267 g/mol. The minimum Gasteiger partial charge on any atom is -0.378 e. The Morgan fingerprint density at radius 1 is 1.33 bits per heavy atom. The lowest BCUT2D eigenvalue weighted by Crippen LogP contribution is -2.12. The van der Waals surface area contributed by atoms with Crippen LogP contribution < -0.4 is 11.1 Å². The molecular formula is C17H17FN2O. The number of nitrogens with two attached hydrogens (primary N) is 1. The highest BCUT2D eigenvalue weighted by molar-refractivity contribution is 5.93. The number of aryl methyl sites for hydroxylation is 1. The van der Waals surface area contributed by atoms with Gasteiger partial charge < -0.3 is 11.1 Å². The molecule has 0 bridgehead atoms. The molecule has 1 amide bonds. The zero-order valence-corrected chi connectivity index (χ0v) is 11.8. The number of hydrogen-bond acceptors (Lipinski definition) is 2. The Morgan fingerprint density at radius 3 is 2.86 bits per heavy atom. The van der Waals surface area contributed by atoms with Crippen LogP contribution in [0.25, 0.3) is 0 Å². The summed E-state index contributed by atoms with van der Waals surface area (Å²) in [6, 6.07) is 10.7. The minimum absolute atomic E-state index is 0.105. The first-order valence-electron chi connectivity index (χ1n) is 7.00. The van der Waals surface area contributed by atoms with Gasteiger partial charge in [-0.3, -0.25) is 4.79 Å². The molecule has 0 aromatic heterocycles. The fraction of sp³-hybridized carbons (Fsp3) is 0.235. The van der Waals surface area contributed by atoms with Crippen LogP contribution >= 0.6 is 0 Å². The summed E-state index contributed by atoms with van der Waals surface area (Å²) >= 11 is 0. The Labute approximate surface area is 123 Å². The Hall–Kier alpha value is -2.36. The molecule has 3 rings (SSSR count). The van der Waals surface area contributed by atoms with Crippen LogP contribution in [0.5, 0.6) is 0 Å². The number of primary amides is 1. The van der Waals surface area contributed by atoms with E-state index in [4.69, 9.17) is 5.73 Å². The summed E-state index contributed by atoms with van der Waals surface area (Å²) in [7, 11) is 0. The molecule has 0 spiro atoms. The van der Waals surface area contributed by atoms with Gasteiger partial charge in [-0.15, -0.1) is 0 Å². The largest absolute Gasteiger partial charge is 0.378 e. The van der Waals surface area contributed by atoms with Crippen LogP contribution in [0, 0.1) is 12.7 Å². The molecule has 1 unspecified atom stereocenters. The molecule has 0 heterocycles. The molecule has 0 aliphatic heterocycles. The van der Waals surface area contributed by atoms with Crippen molar-refractivity contribution in [3.63, 3.8) is 0 Å². The van der Waals surface area contributed by atoms with Crippen LogP contribution in [0.3, 0.4) is 0 Å². The van der Waals surface area contributed by atoms with E-state index in [0.717, 1.165) is 35.2 Å². The maximum absolute atomic E-state index is 13.7. The SMILES string of the molecule is Cc1cc(C(N)=O)ccc1NC1CCc2c(F)cccc21. The number of nitrogens with one attached hydrogen (secondary N) is 1. The van der Waals surface area contributed by atoms with E-state index in [1.54, 1.807) is 18.2 Å². The quantitative estimate of drug-likeness (QED) is 0.908. The lowest BCUT2D eigenvalue weighted by atomic mass is 10.1. The zero-order chi connectivity index (χ0) is 15.0. The summed E-state index contributed by atoms with van der Waals surface area (Å²) in [6.07, 6.45) is 1.62. The molecule has 2 aromatic carbocycles. The number of rotatable bonds is 3. The number of carbonyl (C=O) groups excluding carboxylic acids is 1. The Balaban J connectivity index is 1.86. The van der Waals surface area contributed by atoms with Crippen molar-refractivity contribution >= 4 is 11.6 Å². The van der Waals surface area contributed by atoms with Crippen LogP contribution in [0.4, 0.5) is 10.1 Å². The number of amides is 1. The third kappa shape index (κ3) is 2.49. The van der Waals surface area contributed by atoms with Gasteiger partial charge in [0, 0.05) is 11.3 Å². The van der Waals surface area contributed by atoms with Gasteiger partial charge in [0.15, 0.2) is 0 Å². The third-order valence-corrected chi connectivity index (χ3v) is 4.05. The van der Waals surface area contributed by atoms with Crippen molar-refractivity contribution in [2.75, 3.05) is 5.32 Å². The van der Waals surface area contributed by atoms with E-state index < -0.39 is 5.91 Å². The number of fused-ring (bicyclic) bond motifs is 1. The smallest absolute Gasteiger partial charge is 0.248 e. The Kier molecular flexibility index (Phi) is 3.37. The molecule has 21 heavy (non-hydrogen) atoms. The van der Waals surface area contributed by atoms with Gasteiger partial charge in [0.25, 0.3) is 0 Å². The normalized spacial score (nSPS) is 16.6. The molecule has 1 aliphatic rings. The summed E-state index contributed by atoms with van der Waals surface area (Å²) < 4.78 is 13.7. The first-order valence-corrected chi connectivity index (χ1v) is 7.00.